The quantitative estimate of drug-likeness (QED) is 0.879. The van der Waals surface area contributed by atoms with Gasteiger partial charge in [0.25, 0.3) is 0 Å². The van der Waals surface area contributed by atoms with Crippen molar-refractivity contribution in [3.63, 3.8) is 0 Å². The van der Waals surface area contributed by atoms with Gasteiger partial charge in [-0.25, -0.2) is 9.37 Å². The standard InChI is InChI=1S/C12H13ClFN3/c13-12-10(16-11(7-15)17-12)5-4-8-2-1-3-9(14)6-8/h1-3,6H,4-5,7,15H2,(H,16,17). The highest BCUT2D eigenvalue weighted by molar-refractivity contribution is 6.30. The van der Waals surface area contributed by atoms with E-state index in [1.807, 2.05) is 6.07 Å². The Balaban J connectivity index is 2.04. The van der Waals surface area contributed by atoms with E-state index in [0.717, 1.165) is 11.3 Å². The van der Waals surface area contributed by atoms with Crippen molar-refractivity contribution in [2.75, 3.05) is 0 Å². The summed E-state index contributed by atoms with van der Waals surface area (Å²) < 4.78 is 13.0. The number of imidazole rings is 1. The van der Waals surface area contributed by atoms with E-state index in [4.69, 9.17) is 17.3 Å². The van der Waals surface area contributed by atoms with E-state index in [0.29, 0.717) is 30.4 Å². The molecule has 90 valence electrons. The topological polar surface area (TPSA) is 54.7 Å². The lowest BCUT2D eigenvalue weighted by Crippen LogP contribution is -1.98. The first-order valence-corrected chi connectivity index (χ1v) is 5.74. The Kier molecular flexibility index (Phi) is 3.76. The highest BCUT2D eigenvalue weighted by atomic mass is 35.5. The van der Waals surface area contributed by atoms with Gasteiger partial charge in [-0.3, -0.25) is 0 Å². The third kappa shape index (κ3) is 3.05. The van der Waals surface area contributed by atoms with Crippen molar-refractivity contribution in [2.24, 2.45) is 5.73 Å². The first-order chi connectivity index (χ1) is 8.19. The minimum atomic E-state index is -0.221. The van der Waals surface area contributed by atoms with E-state index in [2.05, 4.69) is 9.97 Å². The Morgan fingerprint density at radius 1 is 1.35 bits per heavy atom. The van der Waals surface area contributed by atoms with Gasteiger partial charge in [-0.2, -0.15) is 0 Å². The summed E-state index contributed by atoms with van der Waals surface area (Å²) in [6.07, 6.45) is 1.40. The van der Waals surface area contributed by atoms with Crippen LogP contribution in [0.4, 0.5) is 4.39 Å². The van der Waals surface area contributed by atoms with Gasteiger partial charge < -0.3 is 10.7 Å². The molecule has 0 fully saturated rings. The van der Waals surface area contributed by atoms with Crippen LogP contribution in [-0.2, 0) is 19.4 Å². The molecule has 1 heterocycles. The number of halogens is 2. The summed E-state index contributed by atoms with van der Waals surface area (Å²) >= 11 is 5.95. The molecule has 0 aliphatic carbocycles. The van der Waals surface area contributed by atoms with E-state index < -0.39 is 0 Å². The van der Waals surface area contributed by atoms with E-state index in [-0.39, 0.29) is 5.82 Å². The number of hydrogen-bond donors (Lipinski definition) is 2. The zero-order valence-electron chi connectivity index (χ0n) is 9.21. The SMILES string of the molecule is NCc1nc(Cl)c(CCc2cccc(F)c2)[nH]1. The minimum Gasteiger partial charge on any atom is -0.343 e. The highest BCUT2D eigenvalue weighted by Gasteiger charge is 2.07. The Bertz CT molecular complexity index is 510. The van der Waals surface area contributed by atoms with E-state index in [1.54, 1.807) is 6.07 Å². The van der Waals surface area contributed by atoms with Gasteiger partial charge in [0.2, 0.25) is 0 Å². The third-order valence-corrected chi connectivity index (χ3v) is 2.84. The van der Waals surface area contributed by atoms with Crippen LogP contribution in [0.15, 0.2) is 24.3 Å². The molecule has 0 amide bonds. The predicted octanol–water partition coefficient (Wildman–Crippen LogP) is 2.45. The van der Waals surface area contributed by atoms with Crippen molar-refractivity contribution >= 4 is 11.6 Å². The Morgan fingerprint density at radius 3 is 2.82 bits per heavy atom. The molecule has 0 saturated carbocycles. The van der Waals surface area contributed by atoms with Crippen LogP contribution in [0.5, 0.6) is 0 Å². The second kappa shape index (κ2) is 5.29. The molecule has 5 heteroatoms. The molecule has 17 heavy (non-hydrogen) atoms. The van der Waals surface area contributed by atoms with Gasteiger partial charge in [0, 0.05) is 0 Å². The van der Waals surface area contributed by atoms with Crippen molar-refractivity contribution < 1.29 is 4.39 Å². The second-order valence-electron chi connectivity index (χ2n) is 3.79. The number of nitrogens with one attached hydrogen (secondary N) is 1. The van der Waals surface area contributed by atoms with Gasteiger partial charge in [0.15, 0.2) is 0 Å². The van der Waals surface area contributed by atoms with E-state index >= 15 is 0 Å². The largest absolute Gasteiger partial charge is 0.343 e. The molecule has 0 spiro atoms. The zero-order chi connectivity index (χ0) is 12.3. The van der Waals surface area contributed by atoms with Crippen LogP contribution in [0.1, 0.15) is 17.1 Å². The Labute approximate surface area is 104 Å². The molecule has 1 aromatic carbocycles. The molecule has 0 radical (unpaired) electrons. The summed E-state index contributed by atoms with van der Waals surface area (Å²) in [5, 5.41) is 0.446. The molecular weight excluding hydrogens is 241 g/mol. The molecule has 2 aromatic rings. The summed E-state index contributed by atoms with van der Waals surface area (Å²) in [6, 6.07) is 6.54. The van der Waals surface area contributed by atoms with E-state index in [1.165, 1.54) is 12.1 Å². The monoisotopic (exact) mass is 253 g/mol. The number of aromatic amines is 1. The molecule has 1 aromatic heterocycles. The van der Waals surface area contributed by atoms with Crippen LogP contribution in [-0.4, -0.2) is 9.97 Å². The molecular formula is C12H13ClFN3. The van der Waals surface area contributed by atoms with Crippen LogP contribution < -0.4 is 5.73 Å². The van der Waals surface area contributed by atoms with Crippen molar-refractivity contribution in [1.29, 1.82) is 0 Å². The summed E-state index contributed by atoms with van der Waals surface area (Å²) in [6.45, 7) is 0.333. The molecule has 0 aliphatic heterocycles. The number of aromatic nitrogens is 2. The van der Waals surface area contributed by atoms with Crippen LogP contribution in [0.25, 0.3) is 0 Å². The first-order valence-electron chi connectivity index (χ1n) is 5.37. The lowest BCUT2D eigenvalue weighted by Gasteiger charge is -2.00. The maximum Gasteiger partial charge on any atom is 0.150 e. The number of aryl methyl sites for hydroxylation is 2. The average Bonchev–Trinajstić information content (AvgIpc) is 2.68. The van der Waals surface area contributed by atoms with Gasteiger partial charge in [-0.15, -0.1) is 0 Å². The maximum atomic E-state index is 13.0. The average molecular weight is 254 g/mol. The third-order valence-electron chi connectivity index (χ3n) is 2.52. The fraction of sp³-hybridized carbons (Fsp3) is 0.250. The Hall–Kier alpha value is -1.39. The van der Waals surface area contributed by atoms with Crippen molar-refractivity contribution in [3.8, 4) is 0 Å². The molecule has 0 unspecified atom stereocenters. The van der Waals surface area contributed by atoms with Gasteiger partial charge >= 0.3 is 0 Å². The number of rotatable bonds is 4. The lowest BCUT2D eigenvalue weighted by molar-refractivity contribution is 0.625. The lowest BCUT2D eigenvalue weighted by atomic mass is 10.1. The molecule has 2 rings (SSSR count). The summed E-state index contributed by atoms with van der Waals surface area (Å²) in [5.74, 6) is 0.449. The number of benzene rings is 1. The smallest absolute Gasteiger partial charge is 0.150 e. The Morgan fingerprint density at radius 2 is 2.18 bits per heavy atom. The molecule has 0 bridgehead atoms. The number of nitrogens with two attached hydrogens (primary N) is 1. The number of hydrogen-bond acceptors (Lipinski definition) is 2. The maximum absolute atomic E-state index is 13.0. The predicted molar refractivity (Wildman–Crippen MR) is 65.3 cm³/mol. The van der Waals surface area contributed by atoms with Crippen LogP contribution in [0, 0.1) is 5.82 Å². The van der Waals surface area contributed by atoms with Crippen LogP contribution in [0.3, 0.4) is 0 Å². The number of H-pyrrole nitrogens is 1. The highest BCUT2D eigenvalue weighted by Crippen LogP contribution is 2.15. The molecule has 0 saturated heterocycles. The van der Waals surface area contributed by atoms with E-state index in [9.17, 15) is 4.39 Å². The molecule has 0 aliphatic rings. The van der Waals surface area contributed by atoms with Crippen molar-refractivity contribution in [1.82, 2.24) is 9.97 Å². The van der Waals surface area contributed by atoms with Crippen molar-refractivity contribution in [3.05, 3.63) is 52.3 Å². The van der Waals surface area contributed by atoms with Crippen LogP contribution in [0.2, 0.25) is 5.15 Å². The molecule has 3 nitrogen and oxygen atoms in total. The molecule has 0 atom stereocenters. The summed E-state index contributed by atoms with van der Waals surface area (Å²) in [4.78, 5) is 7.12. The second-order valence-corrected chi connectivity index (χ2v) is 4.14. The zero-order valence-corrected chi connectivity index (χ0v) is 9.97. The summed E-state index contributed by atoms with van der Waals surface area (Å²) in [5.41, 5.74) is 7.24. The number of nitrogens with zero attached hydrogens (tertiary/aromatic N) is 1. The van der Waals surface area contributed by atoms with Gasteiger partial charge in [0.1, 0.15) is 16.8 Å². The van der Waals surface area contributed by atoms with Gasteiger partial charge in [-0.05, 0) is 30.5 Å². The van der Waals surface area contributed by atoms with Crippen molar-refractivity contribution in [2.45, 2.75) is 19.4 Å². The van der Waals surface area contributed by atoms with Gasteiger partial charge in [0.05, 0.1) is 12.2 Å². The minimum absolute atomic E-state index is 0.221. The van der Waals surface area contributed by atoms with Crippen LogP contribution >= 0.6 is 11.6 Å². The normalized spacial score (nSPS) is 10.8. The first kappa shape index (κ1) is 12.1. The fourth-order valence-electron chi connectivity index (χ4n) is 1.66. The van der Waals surface area contributed by atoms with Gasteiger partial charge in [-0.1, -0.05) is 23.7 Å². The molecule has 3 N–H and O–H groups in total. The fourth-order valence-corrected chi connectivity index (χ4v) is 1.91. The summed E-state index contributed by atoms with van der Waals surface area (Å²) in [7, 11) is 0.